The Balaban J connectivity index is 1.53. The third kappa shape index (κ3) is 3.75. The zero-order valence-corrected chi connectivity index (χ0v) is 16.3. The zero-order chi connectivity index (χ0) is 19.5. The number of ether oxygens (including phenoxy) is 1. The average molecular weight is 396 g/mol. The van der Waals surface area contributed by atoms with Gasteiger partial charge in [0.1, 0.15) is 16.5 Å². The number of thioether (sulfide) groups is 1. The summed E-state index contributed by atoms with van der Waals surface area (Å²) in [5.41, 5.74) is 2.42. The Kier molecular flexibility index (Phi) is 5.34. The molecule has 0 saturated carbocycles. The van der Waals surface area contributed by atoms with Gasteiger partial charge in [0.25, 0.3) is 0 Å². The van der Waals surface area contributed by atoms with Crippen molar-refractivity contribution >= 4 is 17.5 Å². The summed E-state index contributed by atoms with van der Waals surface area (Å²) in [5.74, 6) is 1.69. The van der Waals surface area contributed by atoms with Gasteiger partial charge in [-0.3, -0.25) is 9.36 Å². The van der Waals surface area contributed by atoms with Crippen LogP contribution in [0.3, 0.4) is 0 Å². The van der Waals surface area contributed by atoms with Gasteiger partial charge in [-0.25, -0.2) is 4.79 Å². The minimum Gasteiger partial charge on any atom is -0.497 e. The number of fused-ring (bicyclic) bond motifs is 1. The molecule has 7 heteroatoms. The highest BCUT2D eigenvalue weighted by Crippen LogP contribution is 2.30. The number of nitrogens with zero attached hydrogens (tertiary/aromatic N) is 2. The fourth-order valence-corrected chi connectivity index (χ4v) is 4.39. The van der Waals surface area contributed by atoms with Crippen LogP contribution < -0.4 is 10.4 Å². The monoisotopic (exact) mass is 396 g/mol. The zero-order valence-electron chi connectivity index (χ0n) is 15.5. The van der Waals surface area contributed by atoms with Crippen LogP contribution in [0, 0.1) is 0 Å². The van der Waals surface area contributed by atoms with Crippen molar-refractivity contribution in [2.24, 2.45) is 0 Å². The SMILES string of the molecule is COc1ccc(C(=O)CSc2nc(=O)n(Cc3ccco3)c3c2CCC3)cc1. The quantitative estimate of drug-likeness (QED) is 0.346. The molecule has 0 unspecified atom stereocenters. The van der Waals surface area contributed by atoms with Crippen LogP contribution in [0.15, 0.2) is 56.9 Å². The van der Waals surface area contributed by atoms with Crippen molar-refractivity contribution in [2.75, 3.05) is 12.9 Å². The average Bonchev–Trinajstić information content (AvgIpc) is 3.40. The van der Waals surface area contributed by atoms with E-state index in [9.17, 15) is 9.59 Å². The minimum atomic E-state index is -0.295. The summed E-state index contributed by atoms with van der Waals surface area (Å²) in [6.45, 7) is 0.386. The van der Waals surface area contributed by atoms with Gasteiger partial charge < -0.3 is 9.15 Å². The summed E-state index contributed by atoms with van der Waals surface area (Å²) in [6.07, 6.45) is 4.30. The molecule has 28 heavy (non-hydrogen) atoms. The van der Waals surface area contributed by atoms with Crippen LogP contribution in [0.25, 0.3) is 0 Å². The van der Waals surface area contributed by atoms with Crippen LogP contribution in [-0.2, 0) is 19.4 Å². The Hall–Kier alpha value is -2.80. The topological polar surface area (TPSA) is 74.3 Å². The van der Waals surface area contributed by atoms with E-state index in [2.05, 4.69) is 4.98 Å². The Labute approximate surface area is 166 Å². The van der Waals surface area contributed by atoms with E-state index in [1.54, 1.807) is 42.2 Å². The number of rotatable bonds is 7. The first-order valence-corrected chi connectivity index (χ1v) is 10.1. The fourth-order valence-electron chi connectivity index (χ4n) is 3.42. The Morgan fingerprint density at radius 2 is 2.07 bits per heavy atom. The van der Waals surface area contributed by atoms with Crippen LogP contribution in [0.1, 0.15) is 33.8 Å². The molecule has 0 N–H and O–H groups in total. The molecule has 0 fully saturated rings. The summed E-state index contributed by atoms with van der Waals surface area (Å²) >= 11 is 1.34. The van der Waals surface area contributed by atoms with Crippen molar-refractivity contribution in [2.45, 2.75) is 30.8 Å². The fraction of sp³-hybridized carbons (Fsp3) is 0.286. The molecular weight excluding hydrogens is 376 g/mol. The molecule has 1 aromatic carbocycles. The van der Waals surface area contributed by atoms with E-state index in [0.29, 0.717) is 22.9 Å². The molecule has 0 radical (unpaired) electrons. The number of benzene rings is 1. The molecule has 2 heterocycles. The number of ketones is 1. The minimum absolute atomic E-state index is 0.000893. The Morgan fingerprint density at radius 3 is 2.79 bits per heavy atom. The van der Waals surface area contributed by atoms with Gasteiger partial charge in [0, 0.05) is 16.8 Å². The molecule has 0 amide bonds. The maximum Gasteiger partial charge on any atom is 0.349 e. The highest BCUT2D eigenvalue weighted by molar-refractivity contribution is 8.00. The van der Waals surface area contributed by atoms with Crippen molar-refractivity contribution in [3.63, 3.8) is 0 Å². The van der Waals surface area contributed by atoms with Gasteiger partial charge in [0.2, 0.25) is 0 Å². The summed E-state index contributed by atoms with van der Waals surface area (Å²) in [4.78, 5) is 29.4. The highest BCUT2D eigenvalue weighted by atomic mass is 32.2. The van der Waals surface area contributed by atoms with E-state index >= 15 is 0 Å². The third-order valence-electron chi connectivity index (χ3n) is 4.85. The maximum absolute atomic E-state index is 12.6. The van der Waals surface area contributed by atoms with Crippen molar-refractivity contribution in [3.05, 3.63) is 75.7 Å². The molecule has 144 valence electrons. The van der Waals surface area contributed by atoms with Gasteiger partial charge in [-0.05, 0) is 55.7 Å². The first-order valence-electron chi connectivity index (χ1n) is 9.10. The van der Waals surface area contributed by atoms with E-state index in [4.69, 9.17) is 9.15 Å². The maximum atomic E-state index is 12.6. The molecule has 3 aromatic rings. The summed E-state index contributed by atoms with van der Waals surface area (Å²) in [5, 5.41) is 0.676. The largest absolute Gasteiger partial charge is 0.497 e. The number of hydrogen-bond donors (Lipinski definition) is 0. The Bertz CT molecular complexity index is 1040. The van der Waals surface area contributed by atoms with E-state index in [1.165, 1.54) is 11.8 Å². The molecule has 0 spiro atoms. The number of furan rings is 1. The smallest absolute Gasteiger partial charge is 0.349 e. The lowest BCUT2D eigenvalue weighted by Crippen LogP contribution is -2.27. The van der Waals surface area contributed by atoms with Gasteiger partial charge in [-0.2, -0.15) is 4.98 Å². The van der Waals surface area contributed by atoms with Crippen LogP contribution in [-0.4, -0.2) is 28.2 Å². The number of hydrogen-bond acceptors (Lipinski definition) is 6. The molecule has 4 rings (SSSR count). The van der Waals surface area contributed by atoms with Gasteiger partial charge in [-0.1, -0.05) is 11.8 Å². The molecule has 2 aromatic heterocycles. The number of Topliss-reactive ketones (excluding diaryl/α,β-unsaturated/α-hetero) is 1. The van der Waals surface area contributed by atoms with Crippen LogP contribution in [0.5, 0.6) is 5.75 Å². The van der Waals surface area contributed by atoms with Crippen molar-refractivity contribution in [3.8, 4) is 5.75 Å². The summed E-state index contributed by atoms with van der Waals surface area (Å²) < 4.78 is 12.2. The molecule has 0 bridgehead atoms. The number of carbonyl (C=O) groups is 1. The second kappa shape index (κ2) is 8.06. The molecule has 1 aliphatic carbocycles. The predicted octanol–water partition coefficient (Wildman–Crippen LogP) is 3.36. The third-order valence-corrected chi connectivity index (χ3v) is 5.86. The van der Waals surface area contributed by atoms with Crippen molar-refractivity contribution in [1.82, 2.24) is 9.55 Å². The van der Waals surface area contributed by atoms with Gasteiger partial charge in [0.15, 0.2) is 5.78 Å². The number of methoxy groups -OCH3 is 1. The second-order valence-corrected chi connectivity index (χ2v) is 7.55. The van der Waals surface area contributed by atoms with Crippen molar-refractivity contribution in [1.29, 1.82) is 0 Å². The van der Waals surface area contributed by atoms with E-state index in [1.807, 2.05) is 12.1 Å². The molecular formula is C21H20N2O4S. The van der Waals surface area contributed by atoms with Crippen LogP contribution in [0.4, 0.5) is 0 Å². The lowest BCUT2D eigenvalue weighted by Gasteiger charge is -2.13. The van der Waals surface area contributed by atoms with E-state index in [-0.39, 0.29) is 17.2 Å². The number of aromatic nitrogens is 2. The van der Waals surface area contributed by atoms with Gasteiger partial charge >= 0.3 is 5.69 Å². The van der Waals surface area contributed by atoms with E-state index in [0.717, 1.165) is 36.3 Å². The summed E-state index contributed by atoms with van der Waals surface area (Å²) in [7, 11) is 1.59. The molecule has 0 saturated heterocycles. The number of carbonyl (C=O) groups excluding carboxylic acids is 1. The lowest BCUT2D eigenvalue weighted by atomic mass is 10.1. The van der Waals surface area contributed by atoms with Gasteiger partial charge in [0.05, 0.1) is 25.7 Å². The molecule has 0 aliphatic heterocycles. The molecule has 0 atom stereocenters. The van der Waals surface area contributed by atoms with E-state index < -0.39 is 0 Å². The summed E-state index contributed by atoms with van der Waals surface area (Å²) in [6, 6.07) is 10.7. The second-order valence-electron chi connectivity index (χ2n) is 6.58. The Morgan fingerprint density at radius 1 is 1.25 bits per heavy atom. The van der Waals surface area contributed by atoms with Gasteiger partial charge in [-0.15, -0.1) is 0 Å². The van der Waals surface area contributed by atoms with Crippen molar-refractivity contribution < 1.29 is 13.9 Å². The normalized spacial score (nSPS) is 12.8. The lowest BCUT2D eigenvalue weighted by molar-refractivity contribution is 0.102. The van der Waals surface area contributed by atoms with Crippen LogP contribution >= 0.6 is 11.8 Å². The predicted molar refractivity (Wildman–Crippen MR) is 106 cm³/mol. The molecule has 6 nitrogen and oxygen atoms in total. The first kappa shape index (κ1) is 18.6. The molecule has 1 aliphatic rings. The van der Waals surface area contributed by atoms with Crippen LogP contribution in [0.2, 0.25) is 0 Å². The highest BCUT2D eigenvalue weighted by Gasteiger charge is 2.23. The first-order chi connectivity index (χ1) is 13.7. The standard InChI is InChI=1S/C21H20N2O4S/c1-26-15-9-7-14(8-10-15)19(24)13-28-20-17-5-2-6-18(17)23(21(25)22-20)12-16-4-3-11-27-16/h3-4,7-11H,2,5-6,12-13H2,1H3.